The molecule has 172 valence electrons. The number of carbonyl (C=O) groups is 1. The van der Waals surface area contributed by atoms with Crippen LogP contribution in [-0.4, -0.2) is 48.3 Å². The number of nitrogens with zero attached hydrogens (tertiary/aromatic N) is 2. The number of alkyl halides is 3. The lowest BCUT2D eigenvalue weighted by molar-refractivity contribution is -0.325. The average molecular weight is 475 g/mol. The van der Waals surface area contributed by atoms with Gasteiger partial charge in [-0.05, 0) is 37.1 Å². The van der Waals surface area contributed by atoms with E-state index in [0.717, 1.165) is 5.39 Å². The monoisotopic (exact) mass is 474 g/mol. The van der Waals surface area contributed by atoms with Crippen molar-refractivity contribution < 1.29 is 36.3 Å². The topological polar surface area (TPSA) is 112 Å². The van der Waals surface area contributed by atoms with Crippen molar-refractivity contribution in [3.05, 3.63) is 40.9 Å². The number of fused-ring (bicyclic) bond motifs is 1. The Morgan fingerprint density at radius 3 is 2.81 bits per heavy atom. The van der Waals surface area contributed by atoms with Gasteiger partial charge in [0.1, 0.15) is 12.2 Å². The number of furan rings is 1. The molecule has 1 amide bonds. The number of aromatic nitrogens is 2. The number of carbonyl (C=O) groups excluding carboxylic acids is 1. The fourth-order valence-electron chi connectivity index (χ4n) is 3.28. The minimum Gasteiger partial charge on any atom is -0.451 e. The van der Waals surface area contributed by atoms with E-state index < -0.39 is 13.0 Å². The number of benzene rings is 1. The van der Waals surface area contributed by atoms with E-state index in [-0.39, 0.29) is 42.3 Å². The molecular formula is C19H18ClF3N4O5. The third-order valence-corrected chi connectivity index (χ3v) is 4.98. The summed E-state index contributed by atoms with van der Waals surface area (Å²) in [6.45, 7) is -0.635. The molecule has 0 aliphatic carbocycles. The highest BCUT2D eigenvalue weighted by Crippen LogP contribution is 2.26. The number of nitrogens with one attached hydrogen (secondary N) is 2. The lowest BCUT2D eigenvalue weighted by atomic mass is 10.0. The molecule has 0 spiro atoms. The van der Waals surface area contributed by atoms with Gasteiger partial charge in [-0.2, -0.15) is 0 Å². The van der Waals surface area contributed by atoms with Gasteiger partial charge in [-0.1, -0.05) is 16.7 Å². The molecule has 1 aliphatic rings. The van der Waals surface area contributed by atoms with Crippen molar-refractivity contribution in [2.75, 3.05) is 19.8 Å². The van der Waals surface area contributed by atoms with Gasteiger partial charge in [-0.3, -0.25) is 9.53 Å². The van der Waals surface area contributed by atoms with E-state index in [2.05, 4.69) is 25.6 Å². The highest BCUT2D eigenvalue weighted by Gasteiger charge is 2.29. The minimum atomic E-state index is -4.72. The van der Waals surface area contributed by atoms with Crippen molar-refractivity contribution in [2.45, 2.75) is 31.3 Å². The minimum absolute atomic E-state index is 0.145. The Bertz CT molecular complexity index is 1080. The Morgan fingerprint density at radius 2 is 2.06 bits per heavy atom. The van der Waals surface area contributed by atoms with Crippen LogP contribution in [0.2, 0.25) is 5.02 Å². The van der Waals surface area contributed by atoms with E-state index in [0.29, 0.717) is 30.0 Å². The third-order valence-electron chi connectivity index (χ3n) is 4.75. The predicted octanol–water partition coefficient (Wildman–Crippen LogP) is 3.61. The van der Waals surface area contributed by atoms with Crippen LogP contribution in [0.5, 0.6) is 6.08 Å². The summed E-state index contributed by atoms with van der Waals surface area (Å²) in [4.78, 5) is 12.5. The quantitative estimate of drug-likeness (QED) is 0.499. The second-order valence-corrected chi connectivity index (χ2v) is 7.49. The first-order valence-corrected chi connectivity index (χ1v) is 10.0. The summed E-state index contributed by atoms with van der Waals surface area (Å²) >= 11 is 5.95. The summed E-state index contributed by atoms with van der Waals surface area (Å²) in [5.41, 5.74) is 0.570. The number of hydrogen-bond donors (Lipinski definition) is 2. The van der Waals surface area contributed by atoms with Crippen molar-refractivity contribution >= 4 is 28.5 Å². The summed E-state index contributed by atoms with van der Waals surface area (Å²) in [5.74, 6) is 0.102. The smallest absolute Gasteiger partial charge is 0.451 e. The summed E-state index contributed by atoms with van der Waals surface area (Å²) in [7, 11) is 0. The van der Waals surface area contributed by atoms with Gasteiger partial charge in [-0.25, -0.2) is 0 Å². The lowest BCUT2D eigenvalue weighted by Gasteiger charge is -2.28. The maximum absolute atomic E-state index is 12.5. The van der Waals surface area contributed by atoms with Crippen molar-refractivity contribution in [1.82, 2.24) is 20.8 Å². The molecule has 0 bridgehead atoms. The average Bonchev–Trinajstić information content (AvgIpc) is 3.38. The Labute approximate surface area is 184 Å². The zero-order valence-electron chi connectivity index (χ0n) is 16.4. The maximum atomic E-state index is 12.5. The number of rotatable bonds is 7. The summed E-state index contributed by atoms with van der Waals surface area (Å²) < 4.78 is 55.2. The number of halogens is 4. The van der Waals surface area contributed by atoms with Gasteiger partial charge in [0.05, 0.1) is 12.6 Å². The third kappa shape index (κ3) is 5.69. The Hall–Kier alpha value is -2.83. The fraction of sp³-hybridized carbons (Fsp3) is 0.421. The van der Waals surface area contributed by atoms with E-state index in [4.69, 9.17) is 25.2 Å². The van der Waals surface area contributed by atoms with E-state index >= 15 is 0 Å². The zero-order chi connectivity index (χ0) is 22.7. The largest absolute Gasteiger partial charge is 0.522 e. The molecule has 1 aromatic carbocycles. The lowest BCUT2D eigenvalue weighted by Crippen LogP contribution is -2.46. The first kappa shape index (κ1) is 22.4. The highest BCUT2D eigenvalue weighted by molar-refractivity contribution is 6.31. The van der Waals surface area contributed by atoms with Gasteiger partial charge in [0.2, 0.25) is 5.89 Å². The van der Waals surface area contributed by atoms with Crippen molar-refractivity contribution in [3.63, 3.8) is 0 Å². The van der Waals surface area contributed by atoms with Gasteiger partial charge in [-0.15, -0.1) is 18.3 Å². The normalized spacial score (nSPS) is 19.2. The number of ether oxygens (including phenoxy) is 2. The predicted molar refractivity (Wildman–Crippen MR) is 104 cm³/mol. The SMILES string of the molecule is O=C(N[C@H]1CC[C@H](c2nnc(OCCOC(F)(F)F)o2)NC1)c1cc2cc(Cl)ccc2o1. The number of amides is 1. The Balaban J connectivity index is 1.24. The van der Waals surface area contributed by atoms with Crippen LogP contribution in [0.25, 0.3) is 11.0 Å². The summed E-state index contributed by atoms with van der Waals surface area (Å²) in [6.07, 6.45) is -3.75. The molecule has 3 heterocycles. The summed E-state index contributed by atoms with van der Waals surface area (Å²) in [5, 5.41) is 14.9. The summed E-state index contributed by atoms with van der Waals surface area (Å²) in [6, 6.07) is 6.32. The van der Waals surface area contributed by atoms with Crippen molar-refractivity contribution in [3.8, 4) is 6.08 Å². The fourth-order valence-corrected chi connectivity index (χ4v) is 3.46. The molecule has 13 heteroatoms. The first-order valence-electron chi connectivity index (χ1n) is 9.67. The van der Waals surface area contributed by atoms with Gasteiger partial charge < -0.3 is 24.2 Å². The molecule has 1 fully saturated rings. The van der Waals surface area contributed by atoms with Gasteiger partial charge in [0.15, 0.2) is 5.76 Å². The molecule has 3 aromatic rings. The van der Waals surface area contributed by atoms with Crippen molar-refractivity contribution in [1.29, 1.82) is 0 Å². The van der Waals surface area contributed by atoms with E-state index in [1.165, 1.54) is 0 Å². The molecule has 9 nitrogen and oxygen atoms in total. The molecule has 2 aromatic heterocycles. The zero-order valence-corrected chi connectivity index (χ0v) is 17.2. The number of hydrogen-bond acceptors (Lipinski definition) is 8. The van der Waals surface area contributed by atoms with Gasteiger partial charge >= 0.3 is 12.4 Å². The molecule has 2 atom stereocenters. The molecule has 4 rings (SSSR count). The molecule has 32 heavy (non-hydrogen) atoms. The molecule has 0 saturated carbocycles. The van der Waals surface area contributed by atoms with Crippen LogP contribution < -0.4 is 15.4 Å². The maximum Gasteiger partial charge on any atom is 0.522 e. The van der Waals surface area contributed by atoms with Gasteiger partial charge in [0.25, 0.3) is 5.91 Å². The molecule has 1 saturated heterocycles. The standard InChI is InChI=1S/C19H18ClF3N4O5/c20-11-1-4-14-10(7-11)8-15(31-14)16(28)25-12-2-3-13(24-9-12)17-26-27-18(32-17)29-5-6-30-19(21,22)23/h1,4,7-8,12-13,24H,2-3,5-6,9H2,(H,25,28)/t12-,13+/m0/s1. The van der Waals surface area contributed by atoms with Crippen LogP contribution in [0.1, 0.15) is 35.3 Å². The van der Waals surface area contributed by atoms with Crippen LogP contribution in [0.3, 0.4) is 0 Å². The van der Waals surface area contributed by atoms with Crippen LogP contribution >= 0.6 is 11.6 Å². The molecule has 0 unspecified atom stereocenters. The Morgan fingerprint density at radius 1 is 1.22 bits per heavy atom. The van der Waals surface area contributed by atoms with Crippen molar-refractivity contribution in [2.24, 2.45) is 0 Å². The number of piperidine rings is 1. The van der Waals surface area contributed by atoms with E-state index in [9.17, 15) is 18.0 Å². The molecule has 2 N–H and O–H groups in total. The van der Waals surface area contributed by atoms with Crippen LogP contribution in [0.15, 0.2) is 33.1 Å². The van der Waals surface area contributed by atoms with Crippen LogP contribution in [-0.2, 0) is 4.74 Å². The Kier molecular flexibility index (Phi) is 6.53. The second-order valence-electron chi connectivity index (χ2n) is 7.05. The van der Waals surface area contributed by atoms with Gasteiger partial charge in [0, 0.05) is 23.0 Å². The van der Waals surface area contributed by atoms with E-state index in [1.807, 2.05) is 0 Å². The first-order chi connectivity index (χ1) is 15.3. The van der Waals surface area contributed by atoms with Crippen LogP contribution in [0.4, 0.5) is 13.2 Å². The van der Waals surface area contributed by atoms with E-state index in [1.54, 1.807) is 24.3 Å². The molecule has 1 aliphatic heterocycles. The second kappa shape index (κ2) is 9.35. The molecule has 0 radical (unpaired) electrons. The van der Waals surface area contributed by atoms with Crippen LogP contribution in [0, 0.1) is 0 Å². The highest BCUT2D eigenvalue weighted by atomic mass is 35.5. The molecular weight excluding hydrogens is 457 g/mol.